The lowest BCUT2D eigenvalue weighted by Gasteiger charge is -2.34. The van der Waals surface area contributed by atoms with E-state index >= 15 is 0 Å². The Kier molecular flexibility index (Phi) is 6.70. The minimum absolute atomic E-state index is 0.0718. The molecular weight excluding hydrogens is 354 g/mol. The molecule has 0 aromatic heterocycles. The lowest BCUT2D eigenvalue weighted by molar-refractivity contribution is -0.137. The largest absolute Gasteiger partial charge is 0.353 e. The van der Waals surface area contributed by atoms with Gasteiger partial charge in [-0.2, -0.15) is 0 Å². The van der Waals surface area contributed by atoms with E-state index in [1.54, 1.807) is 4.90 Å². The summed E-state index contributed by atoms with van der Waals surface area (Å²) in [6.45, 7) is 5.79. The third-order valence-electron chi connectivity index (χ3n) is 5.79. The van der Waals surface area contributed by atoms with Gasteiger partial charge in [-0.15, -0.1) is 0 Å². The van der Waals surface area contributed by atoms with Gasteiger partial charge in [-0.05, 0) is 38.7 Å². The van der Waals surface area contributed by atoms with Crippen LogP contribution >= 0.6 is 0 Å². The molecule has 0 aliphatic carbocycles. The van der Waals surface area contributed by atoms with Crippen molar-refractivity contribution in [3.63, 3.8) is 0 Å². The molecule has 6 nitrogen and oxygen atoms in total. The first-order valence-corrected chi connectivity index (χ1v) is 10.4. The van der Waals surface area contributed by atoms with Crippen LogP contribution in [0.25, 0.3) is 0 Å². The third-order valence-corrected chi connectivity index (χ3v) is 5.79. The molecule has 1 aromatic rings. The Balaban J connectivity index is 1.40. The highest BCUT2D eigenvalue weighted by molar-refractivity contribution is 5.89. The Morgan fingerprint density at radius 1 is 1.14 bits per heavy atom. The highest BCUT2D eigenvalue weighted by atomic mass is 16.2. The first kappa shape index (κ1) is 20.4. The summed E-state index contributed by atoms with van der Waals surface area (Å²) in [5.74, 6) is 0.0220. The van der Waals surface area contributed by atoms with Crippen LogP contribution in [-0.4, -0.2) is 59.2 Å². The number of amides is 3. The van der Waals surface area contributed by atoms with Gasteiger partial charge >= 0.3 is 0 Å². The van der Waals surface area contributed by atoms with Crippen LogP contribution in [0.2, 0.25) is 0 Å². The number of nitrogens with zero attached hydrogens (tertiary/aromatic N) is 2. The molecule has 0 spiro atoms. The summed E-state index contributed by atoms with van der Waals surface area (Å²) in [5.41, 5.74) is 1.17. The lowest BCUT2D eigenvalue weighted by atomic mass is 10.0. The molecule has 2 aliphatic heterocycles. The Bertz CT molecular complexity index is 696. The highest BCUT2D eigenvalue weighted by Gasteiger charge is 2.38. The van der Waals surface area contributed by atoms with Crippen LogP contribution in [0.4, 0.5) is 0 Å². The molecule has 2 saturated heterocycles. The Hall–Kier alpha value is -2.37. The van der Waals surface area contributed by atoms with Crippen LogP contribution < -0.4 is 5.32 Å². The third kappa shape index (κ3) is 5.12. The molecule has 1 aromatic carbocycles. The minimum atomic E-state index is -0.216. The molecule has 3 rings (SSSR count). The second kappa shape index (κ2) is 9.22. The Morgan fingerprint density at radius 3 is 2.43 bits per heavy atom. The topological polar surface area (TPSA) is 69.7 Å². The molecule has 3 amide bonds. The van der Waals surface area contributed by atoms with Crippen molar-refractivity contribution in [2.75, 3.05) is 19.6 Å². The van der Waals surface area contributed by atoms with Gasteiger partial charge in [-0.3, -0.25) is 14.4 Å². The van der Waals surface area contributed by atoms with Crippen molar-refractivity contribution in [2.24, 2.45) is 5.92 Å². The molecule has 0 saturated carbocycles. The number of carbonyl (C=O) groups excluding carboxylic acids is 3. The van der Waals surface area contributed by atoms with E-state index in [0.717, 1.165) is 19.3 Å². The van der Waals surface area contributed by atoms with E-state index in [1.807, 2.05) is 49.1 Å². The standard InChI is InChI=1S/C22H31N3O3/c1-16(2)25-15-18(14-21(25)27)22(28)24-12-10-19(11-13-24)23-20(26)9-8-17-6-4-3-5-7-17/h3-7,16,18-19H,8-15H2,1-2H3,(H,23,26). The fourth-order valence-corrected chi connectivity index (χ4v) is 4.10. The van der Waals surface area contributed by atoms with E-state index in [9.17, 15) is 14.4 Å². The molecule has 2 fully saturated rings. The first-order valence-electron chi connectivity index (χ1n) is 10.4. The van der Waals surface area contributed by atoms with Crippen molar-refractivity contribution in [3.8, 4) is 0 Å². The first-order chi connectivity index (χ1) is 13.4. The van der Waals surface area contributed by atoms with E-state index in [0.29, 0.717) is 32.5 Å². The zero-order valence-electron chi connectivity index (χ0n) is 16.9. The second-order valence-corrected chi connectivity index (χ2v) is 8.19. The van der Waals surface area contributed by atoms with Crippen LogP contribution in [0, 0.1) is 5.92 Å². The zero-order valence-corrected chi connectivity index (χ0v) is 16.9. The van der Waals surface area contributed by atoms with Crippen LogP contribution in [0.3, 0.4) is 0 Å². The summed E-state index contributed by atoms with van der Waals surface area (Å²) in [5, 5.41) is 3.11. The predicted octanol–water partition coefficient (Wildman–Crippen LogP) is 1.98. The molecule has 2 heterocycles. The van der Waals surface area contributed by atoms with Gasteiger partial charge in [0.15, 0.2) is 0 Å². The maximum atomic E-state index is 12.8. The summed E-state index contributed by atoms with van der Waals surface area (Å²) < 4.78 is 0. The molecule has 28 heavy (non-hydrogen) atoms. The van der Waals surface area contributed by atoms with Gasteiger partial charge in [-0.25, -0.2) is 0 Å². The number of hydrogen-bond donors (Lipinski definition) is 1. The summed E-state index contributed by atoms with van der Waals surface area (Å²) >= 11 is 0. The molecule has 152 valence electrons. The molecule has 0 radical (unpaired) electrons. The summed E-state index contributed by atoms with van der Waals surface area (Å²) in [7, 11) is 0. The molecule has 1 N–H and O–H groups in total. The molecule has 1 atom stereocenters. The minimum Gasteiger partial charge on any atom is -0.353 e. The van der Waals surface area contributed by atoms with E-state index in [-0.39, 0.29) is 35.7 Å². The van der Waals surface area contributed by atoms with Crippen molar-refractivity contribution in [2.45, 2.75) is 58.0 Å². The van der Waals surface area contributed by atoms with Crippen LogP contribution in [0.15, 0.2) is 30.3 Å². The highest BCUT2D eigenvalue weighted by Crippen LogP contribution is 2.24. The average Bonchev–Trinajstić information content (AvgIpc) is 3.09. The van der Waals surface area contributed by atoms with Crippen molar-refractivity contribution >= 4 is 17.7 Å². The smallest absolute Gasteiger partial charge is 0.227 e. The van der Waals surface area contributed by atoms with Crippen molar-refractivity contribution in [1.82, 2.24) is 15.1 Å². The van der Waals surface area contributed by atoms with Gasteiger partial charge in [0, 0.05) is 44.6 Å². The summed E-state index contributed by atoms with van der Waals surface area (Å²) in [4.78, 5) is 40.7. The van der Waals surface area contributed by atoms with E-state index in [1.165, 1.54) is 5.56 Å². The van der Waals surface area contributed by atoms with Gasteiger partial charge in [0.1, 0.15) is 0 Å². The summed E-state index contributed by atoms with van der Waals surface area (Å²) in [6, 6.07) is 10.3. The van der Waals surface area contributed by atoms with E-state index < -0.39 is 0 Å². The van der Waals surface area contributed by atoms with E-state index in [4.69, 9.17) is 0 Å². The second-order valence-electron chi connectivity index (χ2n) is 8.19. The molecule has 1 unspecified atom stereocenters. The maximum absolute atomic E-state index is 12.8. The van der Waals surface area contributed by atoms with Gasteiger partial charge < -0.3 is 15.1 Å². The monoisotopic (exact) mass is 385 g/mol. The predicted molar refractivity (Wildman–Crippen MR) is 107 cm³/mol. The molecule has 6 heteroatoms. The van der Waals surface area contributed by atoms with Crippen LogP contribution in [0.1, 0.15) is 45.1 Å². The summed E-state index contributed by atoms with van der Waals surface area (Å²) in [6.07, 6.45) is 3.10. The number of likely N-dealkylation sites (tertiary alicyclic amines) is 2. The number of benzene rings is 1. The van der Waals surface area contributed by atoms with Crippen LogP contribution in [-0.2, 0) is 20.8 Å². The Morgan fingerprint density at radius 2 is 1.82 bits per heavy atom. The lowest BCUT2D eigenvalue weighted by Crippen LogP contribution is -2.48. The fourth-order valence-electron chi connectivity index (χ4n) is 4.10. The maximum Gasteiger partial charge on any atom is 0.227 e. The van der Waals surface area contributed by atoms with Gasteiger partial charge in [0.05, 0.1) is 5.92 Å². The van der Waals surface area contributed by atoms with Gasteiger partial charge in [0.25, 0.3) is 0 Å². The number of nitrogens with one attached hydrogen (secondary N) is 1. The quantitative estimate of drug-likeness (QED) is 0.814. The number of rotatable bonds is 6. The van der Waals surface area contributed by atoms with Crippen molar-refractivity contribution in [3.05, 3.63) is 35.9 Å². The molecule has 2 aliphatic rings. The molecule has 0 bridgehead atoms. The number of aryl methyl sites for hydroxylation is 1. The van der Waals surface area contributed by atoms with Crippen molar-refractivity contribution in [1.29, 1.82) is 0 Å². The van der Waals surface area contributed by atoms with Crippen molar-refractivity contribution < 1.29 is 14.4 Å². The molecular formula is C22H31N3O3. The average molecular weight is 386 g/mol. The Labute approximate surface area is 167 Å². The van der Waals surface area contributed by atoms with Crippen LogP contribution in [0.5, 0.6) is 0 Å². The number of carbonyl (C=O) groups is 3. The van der Waals surface area contributed by atoms with Gasteiger partial charge in [0.2, 0.25) is 17.7 Å². The van der Waals surface area contributed by atoms with Gasteiger partial charge in [-0.1, -0.05) is 30.3 Å². The normalized spacial score (nSPS) is 20.7. The fraction of sp³-hybridized carbons (Fsp3) is 0.591. The van der Waals surface area contributed by atoms with E-state index in [2.05, 4.69) is 5.32 Å². The zero-order chi connectivity index (χ0) is 20.1. The number of piperidine rings is 1. The SMILES string of the molecule is CC(C)N1CC(C(=O)N2CCC(NC(=O)CCc3ccccc3)CC2)CC1=O. The number of hydrogen-bond acceptors (Lipinski definition) is 3.